The number of amides is 1. The molecule has 1 aromatic heterocycles. The number of hydrogen-bond donors (Lipinski definition) is 0. The molecule has 0 bridgehead atoms. The summed E-state index contributed by atoms with van der Waals surface area (Å²) in [5.41, 5.74) is 1.74. The molecule has 94 valence electrons. The summed E-state index contributed by atoms with van der Waals surface area (Å²) in [6.45, 7) is 3.84. The summed E-state index contributed by atoms with van der Waals surface area (Å²) >= 11 is 1.91. The number of carbonyl (C=O) groups excluding carboxylic acids is 1. The number of thioether (sulfide) groups is 1. The van der Waals surface area contributed by atoms with Crippen LogP contribution >= 0.6 is 11.8 Å². The fraction of sp³-hybridized carbons (Fsp3) is 0.667. The average molecular weight is 253 g/mol. The van der Waals surface area contributed by atoms with Crippen molar-refractivity contribution in [1.29, 1.82) is 0 Å². The largest absolute Gasteiger partial charge is 0.336 e. The highest BCUT2D eigenvalue weighted by Crippen LogP contribution is 2.14. The first-order chi connectivity index (χ1) is 8.22. The monoisotopic (exact) mass is 253 g/mol. The van der Waals surface area contributed by atoms with Gasteiger partial charge in [0.15, 0.2) is 0 Å². The molecule has 1 saturated heterocycles. The Morgan fingerprint density at radius 2 is 2.18 bits per heavy atom. The zero-order valence-corrected chi connectivity index (χ0v) is 11.3. The molecule has 0 aliphatic carbocycles. The van der Waals surface area contributed by atoms with E-state index in [2.05, 4.69) is 12.0 Å². The first kappa shape index (κ1) is 12.5. The van der Waals surface area contributed by atoms with Crippen LogP contribution in [-0.4, -0.2) is 45.2 Å². The molecule has 1 aromatic rings. The van der Waals surface area contributed by atoms with E-state index >= 15 is 0 Å². The molecule has 0 unspecified atom stereocenters. The molecule has 2 rings (SSSR count). The summed E-state index contributed by atoms with van der Waals surface area (Å²) in [6.07, 6.45) is 2.00. The Labute approximate surface area is 106 Å². The summed E-state index contributed by atoms with van der Waals surface area (Å²) in [4.78, 5) is 14.2. The molecule has 0 spiro atoms. The average Bonchev–Trinajstić information content (AvgIpc) is 2.71. The normalized spacial score (nSPS) is 16.2. The highest BCUT2D eigenvalue weighted by Gasteiger charge is 2.21. The Bertz CT molecular complexity index is 396. The van der Waals surface area contributed by atoms with Gasteiger partial charge >= 0.3 is 0 Å². The van der Waals surface area contributed by atoms with Gasteiger partial charge in [-0.1, -0.05) is 13.3 Å². The van der Waals surface area contributed by atoms with Crippen LogP contribution < -0.4 is 0 Å². The molecular weight excluding hydrogens is 234 g/mol. The van der Waals surface area contributed by atoms with Gasteiger partial charge in [0.1, 0.15) is 5.69 Å². The van der Waals surface area contributed by atoms with Gasteiger partial charge in [-0.15, -0.1) is 0 Å². The first-order valence-electron chi connectivity index (χ1n) is 6.12. The molecule has 0 N–H and O–H groups in total. The standard InChI is InChI=1S/C12H19N3OS/c1-3-4-10-9-11(14(2)13-10)12(16)15-5-7-17-8-6-15/h9H,3-8H2,1-2H3. The maximum Gasteiger partial charge on any atom is 0.272 e. The van der Waals surface area contributed by atoms with Gasteiger partial charge in [-0.3, -0.25) is 9.48 Å². The van der Waals surface area contributed by atoms with Crippen molar-refractivity contribution in [1.82, 2.24) is 14.7 Å². The van der Waals surface area contributed by atoms with E-state index in [0.29, 0.717) is 0 Å². The van der Waals surface area contributed by atoms with Crippen molar-refractivity contribution < 1.29 is 4.79 Å². The van der Waals surface area contributed by atoms with Gasteiger partial charge in [0, 0.05) is 31.6 Å². The molecule has 5 heteroatoms. The van der Waals surface area contributed by atoms with Gasteiger partial charge in [-0.25, -0.2) is 0 Å². The van der Waals surface area contributed by atoms with E-state index in [1.165, 1.54) is 0 Å². The second-order valence-corrected chi connectivity index (χ2v) is 5.52. The van der Waals surface area contributed by atoms with Crippen LogP contribution in [0.25, 0.3) is 0 Å². The van der Waals surface area contributed by atoms with E-state index in [-0.39, 0.29) is 5.91 Å². The Balaban J connectivity index is 2.12. The maximum atomic E-state index is 12.3. The molecule has 1 aliphatic heterocycles. The zero-order chi connectivity index (χ0) is 12.3. The SMILES string of the molecule is CCCc1cc(C(=O)N2CCSCC2)n(C)n1. The summed E-state index contributed by atoms with van der Waals surface area (Å²) < 4.78 is 1.72. The summed E-state index contributed by atoms with van der Waals surface area (Å²) in [7, 11) is 1.85. The van der Waals surface area contributed by atoms with Gasteiger partial charge < -0.3 is 4.90 Å². The van der Waals surface area contributed by atoms with Crippen molar-refractivity contribution in [3.05, 3.63) is 17.5 Å². The van der Waals surface area contributed by atoms with E-state index in [1.807, 2.05) is 29.8 Å². The molecule has 1 amide bonds. The molecule has 2 heterocycles. The Hall–Kier alpha value is -0.970. The van der Waals surface area contributed by atoms with Crippen LogP contribution in [0.4, 0.5) is 0 Å². The van der Waals surface area contributed by atoms with Crippen molar-refractivity contribution in [2.24, 2.45) is 7.05 Å². The molecule has 0 radical (unpaired) electrons. The molecule has 0 atom stereocenters. The molecule has 0 aromatic carbocycles. The smallest absolute Gasteiger partial charge is 0.272 e. The minimum atomic E-state index is 0.127. The van der Waals surface area contributed by atoms with Crippen molar-refractivity contribution in [3.63, 3.8) is 0 Å². The Morgan fingerprint density at radius 1 is 1.47 bits per heavy atom. The second-order valence-electron chi connectivity index (χ2n) is 4.30. The lowest BCUT2D eigenvalue weighted by molar-refractivity contribution is 0.0761. The number of aryl methyl sites for hydroxylation is 2. The van der Waals surface area contributed by atoms with E-state index < -0.39 is 0 Å². The summed E-state index contributed by atoms with van der Waals surface area (Å²) in [5, 5.41) is 4.38. The van der Waals surface area contributed by atoms with Gasteiger partial charge in [-0.05, 0) is 12.5 Å². The highest BCUT2D eigenvalue weighted by molar-refractivity contribution is 7.99. The minimum absolute atomic E-state index is 0.127. The van der Waals surface area contributed by atoms with Crippen LogP contribution in [0, 0.1) is 0 Å². The third kappa shape index (κ3) is 2.83. The van der Waals surface area contributed by atoms with Gasteiger partial charge in [0.2, 0.25) is 0 Å². The van der Waals surface area contributed by atoms with Gasteiger partial charge in [-0.2, -0.15) is 16.9 Å². The van der Waals surface area contributed by atoms with Crippen LogP contribution in [-0.2, 0) is 13.5 Å². The maximum absolute atomic E-state index is 12.3. The number of hydrogen-bond acceptors (Lipinski definition) is 3. The Kier molecular flexibility index (Phi) is 4.10. The molecular formula is C12H19N3OS. The lowest BCUT2D eigenvalue weighted by Gasteiger charge is -2.26. The van der Waals surface area contributed by atoms with E-state index in [9.17, 15) is 4.79 Å². The second kappa shape index (κ2) is 5.58. The predicted molar refractivity (Wildman–Crippen MR) is 70.4 cm³/mol. The van der Waals surface area contributed by atoms with E-state index in [1.54, 1.807) is 4.68 Å². The lowest BCUT2D eigenvalue weighted by atomic mass is 10.2. The Morgan fingerprint density at radius 3 is 2.82 bits per heavy atom. The molecule has 17 heavy (non-hydrogen) atoms. The molecule has 1 fully saturated rings. The molecule has 0 saturated carbocycles. The van der Waals surface area contributed by atoms with Gasteiger partial charge in [0.25, 0.3) is 5.91 Å². The topological polar surface area (TPSA) is 38.1 Å². The van der Waals surface area contributed by atoms with E-state index in [4.69, 9.17) is 0 Å². The quantitative estimate of drug-likeness (QED) is 0.820. The third-order valence-electron chi connectivity index (χ3n) is 2.95. The number of rotatable bonds is 3. The van der Waals surface area contributed by atoms with Crippen LogP contribution in [0.15, 0.2) is 6.07 Å². The molecule has 4 nitrogen and oxygen atoms in total. The van der Waals surface area contributed by atoms with Crippen LogP contribution in [0.3, 0.4) is 0 Å². The molecule has 1 aliphatic rings. The van der Waals surface area contributed by atoms with Crippen molar-refractivity contribution in [2.45, 2.75) is 19.8 Å². The number of carbonyl (C=O) groups is 1. The highest BCUT2D eigenvalue weighted by atomic mass is 32.2. The van der Waals surface area contributed by atoms with E-state index in [0.717, 1.165) is 48.8 Å². The third-order valence-corrected chi connectivity index (χ3v) is 3.90. The predicted octanol–water partition coefficient (Wildman–Crippen LogP) is 1.56. The zero-order valence-electron chi connectivity index (χ0n) is 10.5. The number of aromatic nitrogens is 2. The van der Waals surface area contributed by atoms with Crippen molar-refractivity contribution in [2.75, 3.05) is 24.6 Å². The fourth-order valence-electron chi connectivity index (χ4n) is 2.03. The van der Waals surface area contributed by atoms with Crippen LogP contribution in [0.1, 0.15) is 29.5 Å². The van der Waals surface area contributed by atoms with Crippen LogP contribution in [0.5, 0.6) is 0 Å². The summed E-state index contributed by atoms with van der Waals surface area (Å²) in [5.74, 6) is 2.22. The fourth-order valence-corrected chi connectivity index (χ4v) is 2.94. The van der Waals surface area contributed by atoms with Crippen molar-refractivity contribution >= 4 is 17.7 Å². The van der Waals surface area contributed by atoms with Crippen LogP contribution in [0.2, 0.25) is 0 Å². The first-order valence-corrected chi connectivity index (χ1v) is 7.27. The number of nitrogens with zero attached hydrogens (tertiary/aromatic N) is 3. The van der Waals surface area contributed by atoms with Gasteiger partial charge in [0.05, 0.1) is 5.69 Å². The van der Waals surface area contributed by atoms with Crippen molar-refractivity contribution in [3.8, 4) is 0 Å². The minimum Gasteiger partial charge on any atom is -0.336 e. The summed E-state index contributed by atoms with van der Waals surface area (Å²) in [6, 6.07) is 1.94. The lowest BCUT2D eigenvalue weighted by Crippen LogP contribution is -2.38.